The van der Waals surface area contributed by atoms with Crippen LogP contribution in [0.3, 0.4) is 0 Å². The Hall–Kier alpha value is -2.37. The second-order valence-electron chi connectivity index (χ2n) is 3.56. The molecule has 4 nitrogen and oxygen atoms in total. The van der Waals surface area contributed by atoms with Crippen LogP contribution in [0.1, 0.15) is 16.1 Å². The average molecular weight is 268 g/mol. The van der Waals surface area contributed by atoms with E-state index in [1.165, 1.54) is 30.5 Å². The zero-order chi connectivity index (χ0) is 13.7. The summed E-state index contributed by atoms with van der Waals surface area (Å²) < 4.78 is 38.2. The summed E-state index contributed by atoms with van der Waals surface area (Å²) in [5, 5.41) is 0. The van der Waals surface area contributed by atoms with E-state index in [1.807, 2.05) is 0 Å². The van der Waals surface area contributed by atoms with Gasteiger partial charge in [-0.2, -0.15) is 8.78 Å². The number of alkyl halides is 2. The molecular formula is C13H10F2O4. The summed E-state index contributed by atoms with van der Waals surface area (Å²) in [5.41, 5.74) is 0.129. The minimum absolute atomic E-state index is 0.0221. The molecule has 6 heteroatoms. The first-order valence-corrected chi connectivity index (χ1v) is 5.39. The normalized spacial score (nSPS) is 10.5. The Morgan fingerprint density at radius 3 is 2.79 bits per heavy atom. The molecule has 0 spiro atoms. The molecule has 0 saturated heterocycles. The molecule has 0 bridgehead atoms. The lowest BCUT2D eigenvalue weighted by molar-refractivity contribution is -0.0499. The highest BCUT2D eigenvalue weighted by atomic mass is 19.3. The number of benzene rings is 1. The first-order valence-electron chi connectivity index (χ1n) is 5.39. The Morgan fingerprint density at radius 1 is 1.26 bits per heavy atom. The fourth-order valence-corrected chi connectivity index (χ4v) is 1.41. The molecule has 1 aromatic heterocycles. The van der Waals surface area contributed by atoms with Crippen molar-refractivity contribution >= 4 is 5.97 Å². The molecule has 1 aromatic carbocycles. The van der Waals surface area contributed by atoms with Gasteiger partial charge in [0.25, 0.3) is 0 Å². The topological polar surface area (TPSA) is 48.7 Å². The van der Waals surface area contributed by atoms with Crippen molar-refractivity contribution < 1.29 is 27.5 Å². The quantitative estimate of drug-likeness (QED) is 0.781. The van der Waals surface area contributed by atoms with Gasteiger partial charge in [-0.3, -0.25) is 0 Å². The maximum absolute atomic E-state index is 12.0. The Labute approximate surface area is 107 Å². The Bertz CT molecular complexity index is 537. The molecule has 0 amide bonds. The van der Waals surface area contributed by atoms with Crippen LogP contribution >= 0.6 is 0 Å². The van der Waals surface area contributed by atoms with E-state index in [0.29, 0.717) is 5.76 Å². The molecule has 0 aliphatic carbocycles. The van der Waals surface area contributed by atoms with Crippen LogP contribution in [-0.2, 0) is 11.3 Å². The zero-order valence-electron chi connectivity index (χ0n) is 9.71. The number of hydrogen-bond donors (Lipinski definition) is 0. The van der Waals surface area contributed by atoms with Gasteiger partial charge in [0.05, 0.1) is 11.8 Å². The molecule has 19 heavy (non-hydrogen) atoms. The van der Waals surface area contributed by atoms with E-state index >= 15 is 0 Å². The fraction of sp³-hybridized carbons (Fsp3) is 0.154. The monoisotopic (exact) mass is 268 g/mol. The number of furan rings is 1. The maximum atomic E-state index is 12.0. The average Bonchev–Trinajstić information content (AvgIpc) is 2.88. The number of esters is 1. The third-order valence-electron chi connectivity index (χ3n) is 2.22. The molecule has 0 atom stereocenters. The summed E-state index contributed by atoms with van der Waals surface area (Å²) in [6, 6.07) is 8.72. The van der Waals surface area contributed by atoms with Crippen molar-refractivity contribution in [3.05, 3.63) is 54.0 Å². The van der Waals surface area contributed by atoms with Crippen LogP contribution in [0.5, 0.6) is 5.75 Å². The standard InChI is InChI=1S/C13H10F2O4/c14-13(15)19-10-4-1-3-9(7-10)12(16)18-8-11-5-2-6-17-11/h1-7,13H,8H2. The lowest BCUT2D eigenvalue weighted by Gasteiger charge is -2.06. The van der Waals surface area contributed by atoms with Crippen LogP contribution in [0.15, 0.2) is 47.1 Å². The van der Waals surface area contributed by atoms with Gasteiger partial charge in [0.15, 0.2) is 0 Å². The minimum atomic E-state index is -2.94. The first-order chi connectivity index (χ1) is 9.15. The number of ether oxygens (including phenoxy) is 2. The molecule has 0 aliphatic heterocycles. The summed E-state index contributed by atoms with van der Waals surface area (Å²) in [7, 11) is 0. The minimum Gasteiger partial charge on any atom is -0.466 e. The van der Waals surface area contributed by atoms with Gasteiger partial charge in [-0.25, -0.2) is 4.79 Å². The molecule has 2 aromatic rings. The van der Waals surface area contributed by atoms with E-state index in [4.69, 9.17) is 9.15 Å². The van der Waals surface area contributed by atoms with Crippen LogP contribution in [0, 0.1) is 0 Å². The van der Waals surface area contributed by atoms with Crippen molar-refractivity contribution in [2.45, 2.75) is 13.2 Å². The highest BCUT2D eigenvalue weighted by Crippen LogP contribution is 2.17. The fourth-order valence-electron chi connectivity index (χ4n) is 1.41. The van der Waals surface area contributed by atoms with Crippen molar-refractivity contribution in [2.75, 3.05) is 0 Å². The van der Waals surface area contributed by atoms with Crippen LogP contribution < -0.4 is 4.74 Å². The maximum Gasteiger partial charge on any atom is 0.387 e. The summed E-state index contributed by atoms with van der Waals surface area (Å²) in [6.07, 6.45) is 1.46. The van der Waals surface area contributed by atoms with Crippen LogP contribution in [-0.4, -0.2) is 12.6 Å². The molecule has 0 unspecified atom stereocenters. The van der Waals surface area contributed by atoms with Gasteiger partial charge in [0.1, 0.15) is 18.1 Å². The van der Waals surface area contributed by atoms with E-state index in [9.17, 15) is 13.6 Å². The second-order valence-corrected chi connectivity index (χ2v) is 3.56. The third kappa shape index (κ3) is 3.80. The second kappa shape index (κ2) is 5.99. The molecule has 0 fully saturated rings. The highest BCUT2D eigenvalue weighted by molar-refractivity contribution is 5.89. The van der Waals surface area contributed by atoms with Crippen molar-refractivity contribution in [1.82, 2.24) is 0 Å². The summed E-state index contributed by atoms with van der Waals surface area (Å²) in [5.74, 6) is -0.244. The predicted molar refractivity (Wildman–Crippen MR) is 60.9 cm³/mol. The molecule has 2 rings (SSSR count). The van der Waals surface area contributed by atoms with Crippen molar-refractivity contribution in [1.29, 1.82) is 0 Å². The summed E-state index contributed by atoms with van der Waals surface area (Å²) in [4.78, 5) is 11.7. The number of carbonyl (C=O) groups excluding carboxylic acids is 1. The molecular weight excluding hydrogens is 258 g/mol. The van der Waals surface area contributed by atoms with Gasteiger partial charge in [-0.05, 0) is 30.3 Å². The zero-order valence-corrected chi connectivity index (χ0v) is 9.71. The van der Waals surface area contributed by atoms with Crippen molar-refractivity contribution in [3.8, 4) is 5.75 Å². The lowest BCUT2D eigenvalue weighted by Crippen LogP contribution is -2.06. The van der Waals surface area contributed by atoms with Gasteiger partial charge in [-0.15, -0.1) is 0 Å². The summed E-state index contributed by atoms with van der Waals surface area (Å²) in [6.45, 7) is -2.96. The lowest BCUT2D eigenvalue weighted by atomic mass is 10.2. The van der Waals surface area contributed by atoms with E-state index in [0.717, 1.165) is 0 Å². The van der Waals surface area contributed by atoms with E-state index in [1.54, 1.807) is 12.1 Å². The van der Waals surface area contributed by atoms with Gasteiger partial charge in [0, 0.05) is 0 Å². The number of carbonyl (C=O) groups is 1. The smallest absolute Gasteiger partial charge is 0.387 e. The van der Waals surface area contributed by atoms with Crippen molar-refractivity contribution in [3.63, 3.8) is 0 Å². The number of halogens is 2. The van der Waals surface area contributed by atoms with E-state index in [2.05, 4.69) is 4.74 Å². The molecule has 1 heterocycles. The van der Waals surface area contributed by atoms with E-state index < -0.39 is 12.6 Å². The van der Waals surface area contributed by atoms with Gasteiger partial charge >= 0.3 is 12.6 Å². The molecule has 0 radical (unpaired) electrons. The largest absolute Gasteiger partial charge is 0.466 e. The van der Waals surface area contributed by atoms with Crippen LogP contribution in [0.25, 0.3) is 0 Å². The molecule has 0 aliphatic rings. The summed E-state index contributed by atoms with van der Waals surface area (Å²) >= 11 is 0. The molecule has 0 N–H and O–H groups in total. The van der Waals surface area contributed by atoms with Crippen LogP contribution in [0.2, 0.25) is 0 Å². The Morgan fingerprint density at radius 2 is 2.11 bits per heavy atom. The Kier molecular flexibility index (Phi) is 4.12. The molecule has 100 valence electrons. The van der Waals surface area contributed by atoms with E-state index in [-0.39, 0.29) is 17.9 Å². The first kappa shape index (κ1) is 13.1. The highest BCUT2D eigenvalue weighted by Gasteiger charge is 2.11. The Balaban J connectivity index is 1.98. The van der Waals surface area contributed by atoms with Gasteiger partial charge < -0.3 is 13.9 Å². The van der Waals surface area contributed by atoms with Gasteiger partial charge in [-0.1, -0.05) is 6.07 Å². The van der Waals surface area contributed by atoms with Gasteiger partial charge in [0.2, 0.25) is 0 Å². The van der Waals surface area contributed by atoms with Crippen LogP contribution in [0.4, 0.5) is 8.78 Å². The number of rotatable bonds is 5. The third-order valence-corrected chi connectivity index (χ3v) is 2.22. The van der Waals surface area contributed by atoms with Crippen molar-refractivity contribution in [2.24, 2.45) is 0 Å². The predicted octanol–water partition coefficient (Wildman–Crippen LogP) is 3.24. The SMILES string of the molecule is O=C(OCc1ccco1)c1cccc(OC(F)F)c1. The number of hydrogen-bond acceptors (Lipinski definition) is 4. The molecule has 0 saturated carbocycles.